The van der Waals surface area contributed by atoms with Gasteiger partial charge in [0.2, 0.25) is 0 Å². The van der Waals surface area contributed by atoms with Gasteiger partial charge in [-0.05, 0) is 19.3 Å². The minimum Gasteiger partial charge on any atom is -0.481 e. The van der Waals surface area contributed by atoms with Gasteiger partial charge in [0, 0.05) is 6.61 Å². The molecule has 0 heterocycles. The maximum atomic E-state index is 10.2. The van der Waals surface area contributed by atoms with E-state index in [1.54, 1.807) is 0 Å². The summed E-state index contributed by atoms with van der Waals surface area (Å²) in [6.45, 7) is 0.102. The molecule has 0 aromatic rings. The highest BCUT2D eigenvalue weighted by molar-refractivity contribution is 5.67. The summed E-state index contributed by atoms with van der Waals surface area (Å²) >= 11 is 0. The standard InChI is InChI=1S/C8H13NO3/c9-6-7(5-8(11)12)3-1-2-4-10/h7,10H,1-5H2,(H,11,12). The number of carbonyl (C=O) groups is 1. The van der Waals surface area contributed by atoms with Crippen molar-refractivity contribution < 1.29 is 15.0 Å². The van der Waals surface area contributed by atoms with Crippen molar-refractivity contribution >= 4 is 5.97 Å². The van der Waals surface area contributed by atoms with E-state index in [1.165, 1.54) is 0 Å². The van der Waals surface area contributed by atoms with Gasteiger partial charge in [0.25, 0.3) is 0 Å². The number of aliphatic carboxylic acids is 1. The van der Waals surface area contributed by atoms with Crippen LogP contribution in [0.3, 0.4) is 0 Å². The molecule has 0 saturated heterocycles. The number of unbranched alkanes of at least 4 members (excludes halogenated alkanes) is 1. The quantitative estimate of drug-likeness (QED) is 0.578. The average molecular weight is 171 g/mol. The molecule has 0 radical (unpaired) electrons. The van der Waals surface area contributed by atoms with E-state index in [4.69, 9.17) is 15.5 Å². The van der Waals surface area contributed by atoms with Crippen LogP contribution in [0.15, 0.2) is 0 Å². The van der Waals surface area contributed by atoms with E-state index < -0.39 is 11.9 Å². The van der Waals surface area contributed by atoms with E-state index in [1.807, 2.05) is 6.07 Å². The third-order valence-corrected chi connectivity index (χ3v) is 1.56. The Morgan fingerprint density at radius 3 is 2.58 bits per heavy atom. The molecule has 0 aromatic carbocycles. The van der Waals surface area contributed by atoms with Crippen LogP contribution < -0.4 is 0 Å². The molecule has 0 amide bonds. The third kappa shape index (κ3) is 5.69. The fourth-order valence-electron chi connectivity index (χ4n) is 0.926. The molecule has 0 spiro atoms. The normalized spacial score (nSPS) is 12.0. The van der Waals surface area contributed by atoms with Crippen LogP contribution >= 0.6 is 0 Å². The van der Waals surface area contributed by atoms with E-state index in [2.05, 4.69) is 0 Å². The number of aliphatic hydroxyl groups excluding tert-OH is 1. The first-order valence-corrected chi connectivity index (χ1v) is 3.93. The van der Waals surface area contributed by atoms with Gasteiger partial charge < -0.3 is 10.2 Å². The Morgan fingerprint density at radius 1 is 1.50 bits per heavy atom. The van der Waals surface area contributed by atoms with Crippen molar-refractivity contribution in [3.8, 4) is 6.07 Å². The zero-order valence-electron chi connectivity index (χ0n) is 6.86. The second-order valence-electron chi connectivity index (χ2n) is 2.64. The van der Waals surface area contributed by atoms with Crippen molar-refractivity contribution in [3.05, 3.63) is 0 Å². The predicted molar refractivity (Wildman–Crippen MR) is 42.3 cm³/mol. The van der Waals surface area contributed by atoms with Crippen LogP contribution in [-0.4, -0.2) is 22.8 Å². The molecular formula is C8H13NO3. The van der Waals surface area contributed by atoms with Gasteiger partial charge in [-0.2, -0.15) is 5.26 Å². The molecule has 4 heteroatoms. The number of hydrogen-bond acceptors (Lipinski definition) is 3. The van der Waals surface area contributed by atoms with Crippen LogP contribution in [0, 0.1) is 17.2 Å². The maximum absolute atomic E-state index is 10.2. The molecule has 0 aliphatic heterocycles. The van der Waals surface area contributed by atoms with Crippen molar-refractivity contribution in [2.24, 2.45) is 5.92 Å². The molecule has 0 bridgehead atoms. The zero-order valence-corrected chi connectivity index (χ0v) is 6.86. The average Bonchev–Trinajstić information content (AvgIpc) is 2.02. The molecule has 0 aromatic heterocycles. The Bertz CT molecular complexity index is 174. The van der Waals surface area contributed by atoms with Gasteiger partial charge in [0.05, 0.1) is 18.4 Å². The lowest BCUT2D eigenvalue weighted by molar-refractivity contribution is -0.137. The molecule has 1 unspecified atom stereocenters. The highest BCUT2D eigenvalue weighted by atomic mass is 16.4. The van der Waals surface area contributed by atoms with Gasteiger partial charge in [-0.1, -0.05) is 0 Å². The van der Waals surface area contributed by atoms with Crippen molar-refractivity contribution in [1.29, 1.82) is 5.26 Å². The third-order valence-electron chi connectivity index (χ3n) is 1.56. The Labute approximate surface area is 71.4 Å². The smallest absolute Gasteiger partial charge is 0.304 e. The summed E-state index contributed by atoms with van der Waals surface area (Å²) in [5.41, 5.74) is 0. The van der Waals surface area contributed by atoms with E-state index in [-0.39, 0.29) is 13.0 Å². The molecule has 1 atom stereocenters. The second-order valence-corrected chi connectivity index (χ2v) is 2.64. The van der Waals surface area contributed by atoms with E-state index >= 15 is 0 Å². The van der Waals surface area contributed by atoms with E-state index in [0.717, 1.165) is 0 Å². The molecule has 0 saturated carbocycles. The Morgan fingerprint density at radius 2 is 2.17 bits per heavy atom. The number of hydrogen-bond donors (Lipinski definition) is 2. The Kier molecular flexibility index (Phi) is 6.02. The fourth-order valence-corrected chi connectivity index (χ4v) is 0.926. The fraction of sp³-hybridized carbons (Fsp3) is 0.750. The van der Waals surface area contributed by atoms with Gasteiger partial charge in [-0.25, -0.2) is 0 Å². The molecular weight excluding hydrogens is 158 g/mol. The van der Waals surface area contributed by atoms with Crippen LogP contribution in [0.25, 0.3) is 0 Å². The highest BCUT2D eigenvalue weighted by Crippen LogP contribution is 2.11. The number of nitrogens with zero attached hydrogens (tertiary/aromatic N) is 1. The van der Waals surface area contributed by atoms with Crippen molar-refractivity contribution in [2.45, 2.75) is 25.7 Å². The van der Waals surface area contributed by atoms with Gasteiger partial charge in [-0.3, -0.25) is 4.79 Å². The zero-order chi connectivity index (χ0) is 9.40. The lowest BCUT2D eigenvalue weighted by atomic mass is 10.0. The number of carboxylic acids is 1. The summed E-state index contributed by atoms with van der Waals surface area (Å²) in [7, 11) is 0. The summed E-state index contributed by atoms with van der Waals surface area (Å²) in [4.78, 5) is 10.2. The SMILES string of the molecule is N#CC(CCCCO)CC(=O)O. The minimum absolute atomic E-state index is 0.0953. The molecule has 0 fully saturated rings. The highest BCUT2D eigenvalue weighted by Gasteiger charge is 2.11. The summed E-state index contributed by atoms with van der Waals surface area (Å²) in [5, 5.41) is 25.3. The number of nitriles is 1. The number of rotatable bonds is 6. The predicted octanol–water partition coefficient (Wildman–Crippen LogP) is 0.763. The van der Waals surface area contributed by atoms with Crippen LogP contribution in [-0.2, 0) is 4.79 Å². The topological polar surface area (TPSA) is 81.3 Å². The Balaban J connectivity index is 3.55. The van der Waals surface area contributed by atoms with Crippen LogP contribution in [0.1, 0.15) is 25.7 Å². The lowest BCUT2D eigenvalue weighted by Gasteiger charge is -2.03. The number of carboxylic acid groups (broad SMARTS) is 1. The molecule has 0 aliphatic carbocycles. The van der Waals surface area contributed by atoms with Gasteiger partial charge >= 0.3 is 5.97 Å². The van der Waals surface area contributed by atoms with E-state index in [0.29, 0.717) is 19.3 Å². The monoisotopic (exact) mass is 171 g/mol. The second kappa shape index (κ2) is 6.62. The summed E-state index contributed by atoms with van der Waals surface area (Å²) < 4.78 is 0. The molecule has 2 N–H and O–H groups in total. The minimum atomic E-state index is -0.939. The van der Waals surface area contributed by atoms with Gasteiger partial charge in [0.15, 0.2) is 0 Å². The van der Waals surface area contributed by atoms with Crippen molar-refractivity contribution in [3.63, 3.8) is 0 Å². The van der Waals surface area contributed by atoms with Crippen molar-refractivity contribution in [1.82, 2.24) is 0 Å². The lowest BCUT2D eigenvalue weighted by Crippen LogP contribution is -2.05. The van der Waals surface area contributed by atoms with Gasteiger partial charge in [0.1, 0.15) is 0 Å². The summed E-state index contributed by atoms with van der Waals surface area (Å²) in [6.07, 6.45) is 1.81. The number of aliphatic hydroxyl groups is 1. The molecule has 68 valence electrons. The maximum Gasteiger partial charge on any atom is 0.304 e. The largest absolute Gasteiger partial charge is 0.481 e. The van der Waals surface area contributed by atoms with Crippen LogP contribution in [0.4, 0.5) is 0 Å². The first-order valence-electron chi connectivity index (χ1n) is 3.93. The summed E-state index contributed by atoms with van der Waals surface area (Å²) in [6, 6.07) is 1.93. The molecule has 0 aliphatic rings. The molecule has 12 heavy (non-hydrogen) atoms. The van der Waals surface area contributed by atoms with Crippen LogP contribution in [0.5, 0.6) is 0 Å². The van der Waals surface area contributed by atoms with Gasteiger partial charge in [-0.15, -0.1) is 0 Å². The summed E-state index contributed by atoms with van der Waals surface area (Å²) in [5.74, 6) is -1.35. The first kappa shape index (κ1) is 10.9. The first-order chi connectivity index (χ1) is 5.70. The van der Waals surface area contributed by atoms with E-state index in [9.17, 15) is 4.79 Å². The Hall–Kier alpha value is -1.08. The molecule has 4 nitrogen and oxygen atoms in total. The van der Waals surface area contributed by atoms with Crippen molar-refractivity contribution in [2.75, 3.05) is 6.61 Å². The van der Waals surface area contributed by atoms with Crippen LogP contribution in [0.2, 0.25) is 0 Å². The molecule has 0 rings (SSSR count).